The van der Waals surface area contributed by atoms with Gasteiger partial charge in [0.15, 0.2) is 0 Å². The van der Waals surface area contributed by atoms with E-state index in [1.807, 2.05) is 18.2 Å². The van der Waals surface area contributed by atoms with E-state index < -0.39 is 0 Å². The molecule has 1 rings (SSSR count). The van der Waals surface area contributed by atoms with Gasteiger partial charge >= 0.3 is 0 Å². The van der Waals surface area contributed by atoms with Crippen LogP contribution in [-0.4, -0.2) is 26.4 Å². The molecule has 0 aliphatic rings. The molecule has 0 spiro atoms. The Balaban J connectivity index is 2.64. The highest BCUT2D eigenvalue weighted by Crippen LogP contribution is 2.19. The molecule has 1 N–H and O–H groups in total. The number of anilines is 1. The van der Waals surface area contributed by atoms with Gasteiger partial charge in [-0.05, 0) is 24.5 Å². The molecule has 3 heteroatoms. The second-order valence-corrected chi connectivity index (χ2v) is 4.83. The van der Waals surface area contributed by atoms with E-state index in [2.05, 4.69) is 32.2 Å². The number of methoxy groups -OCH3 is 1. The second-order valence-electron chi connectivity index (χ2n) is 4.83. The fourth-order valence-corrected chi connectivity index (χ4v) is 1.69. The molecule has 0 saturated heterocycles. The maximum Gasteiger partial charge on any atom is 0.121 e. The monoisotopic (exact) mass is 251 g/mol. The molecule has 1 aromatic carbocycles. The number of rotatable bonds is 8. The van der Waals surface area contributed by atoms with Crippen molar-refractivity contribution in [3.63, 3.8) is 0 Å². The van der Waals surface area contributed by atoms with Crippen LogP contribution in [-0.2, 0) is 4.74 Å². The highest BCUT2D eigenvalue weighted by Gasteiger charge is 2.12. The van der Waals surface area contributed by atoms with E-state index in [-0.39, 0.29) is 0 Å². The third-order valence-electron chi connectivity index (χ3n) is 2.81. The number of nitrogens with one attached hydrogen (secondary N) is 1. The third kappa shape index (κ3) is 4.96. The van der Waals surface area contributed by atoms with Gasteiger partial charge in [0.25, 0.3) is 0 Å². The minimum atomic E-state index is 0.316. The third-order valence-corrected chi connectivity index (χ3v) is 2.81. The molecule has 0 aliphatic carbocycles. The largest absolute Gasteiger partial charge is 0.494 e. The zero-order valence-electron chi connectivity index (χ0n) is 11.9. The van der Waals surface area contributed by atoms with Gasteiger partial charge in [0, 0.05) is 18.9 Å². The molecule has 0 saturated carbocycles. The standard InChI is InChI=1S/C15H25NO2/c1-5-9-18-14-8-6-7-13(10-14)16-15(11-17-4)12(2)3/h6-8,10,12,15-16H,5,9,11H2,1-4H3. The highest BCUT2D eigenvalue weighted by molar-refractivity contribution is 5.49. The van der Waals surface area contributed by atoms with Crippen molar-refractivity contribution in [2.24, 2.45) is 5.92 Å². The van der Waals surface area contributed by atoms with Crippen molar-refractivity contribution >= 4 is 5.69 Å². The van der Waals surface area contributed by atoms with E-state index in [1.54, 1.807) is 7.11 Å². The molecule has 1 unspecified atom stereocenters. The molecule has 1 atom stereocenters. The first-order valence-electron chi connectivity index (χ1n) is 6.65. The molecular formula is C15H25NO2. The first kappa shape index (κ1) is 14.8. The normalized spacial score (nSPS) is 12.5. The summed E-state index contributed by atoms with van der Waals surface area (Å²) in [6.45, 7) is 7.95. The lowest BCUT2D eigenvalue weighted by Crippen LogP contribution is -2.30. The highest BCUT2D eigenvalue weighted by atomic mass is 16.5. The predicted octanol–water partition coefficient (Wildman–Crippen LogP) is 3.56. The Morgan fingerprint density at radius 2 is 2.06 bits per heavy atom. The molecule has 0 aromatic heterocycles. The lowest BCUT2D eigenvalue weighted by molar-refractivity contribution is 0.171. The maximum absolute atomic E-state index is 5.63. The molecular weight excluding hydrogens is 226 g/mol. The lowest BCUT2D eigenvalue weighted by Gasteiger charge is -2.23. The van der Waals surface area contributed by atoms with Gasteiger partial charge in [-0.3, -0.25) is 0 Å². The van der Waals surface area contributed by atoms with Gasteiger partial charge in [-0.2, -0.15) is 0 Å². The average molecular weight is 251 g/mol. The molecule has 18 heavy (non-hydrogen) atoms. The van der Waals surface area contributed by atoms with Crippen molar-refractivity contribution in [1.29, 1.82) is 0 Å². The first-order valence-corrected chi connectivity index (χ1v) is 6.65. The molecule has 0 radical (unpaired) electrons. The van der Waals surface area contributed by atoms with Gasteiger partial charge < -0.3 is 14.8 Å². The number of benzene rings is 1. The zero-order chi connectivity index (χ0) is 13.4. The van der Waals surface area contributed by atoms with Crippen molar-refractivity contribution in [1.82, 2.24) is 0 Å². The van der Waals surface area contributed by atoms with Crippen LogP contribution in [0.25, 0.3) is 0 Å². The van der Waals surface area contributed by atoms with Crippen LogP contribution in [0.1, 0.15) is 27.2 Å². The molecule has 0 fully saturated rings. The lowest BCUT2D eigenvalue weighted by atomic mass is 10.1. The van der Waals surface area contributed by atoms with Gasteiger partial charge in [0.05, 0.1) is 19.3 Å². The SMILES string of the molecule is CCCOc1cccc(NC(COC)C(C)C)c1. The summed E-state index contributed by atoms with van der Waals surface area (Å²) in [4.78, 5) is 0. The van der Waals surface area contributed by atoms with Gasteiger partial charge in [-0.25, -0.2) is 0 Å². The second kappa shape index (κ2) is 7.98. The number of hydrogen-bond acceptors (Lipinski definition) is 3. The van der Waals surface area contributed by atoms with Crippen LogP contribution < -0.4 is 10.1 Å². The maximum atomic E-state index is 5.63. The van der Waals surface area contributed by atoms with Crippen LogP contribution in [0.15, 0.2) is 24.3 Å². The molecule has 0 heterocycles. The van der Waals surface area contributed by atoms with E-state index >= 15 is 0 Å². The van der Waals surface area contributed by atoms with Crippen molar-refractivity contribution in [3.05, 3.63) is 24.3 Å². The van der Waals surface area contributed by atoms with Crippen LogP contribution in [0.4, 0.5) is 5.69 Å². The summed E-state index contributed by atoms with van der Waals surface area (Å²) in [5.74, 6) is 1.44. The van der Waals surface area contributed by atoms with Crippen molar-refractivity contribution in [3.8, 4) is 5.75 Å². The fraction of sp³-hybridized carbons (Fsp3) is 0.600. The molecule has 1 aromatic rings. The Morgan fingerprint density at radius 3 is 2.67 bits per heavy atom. The Kier molecular flexibility index (Phi) is 6.58. The summed E-state index contributed by atoms with van der Waals surface area (Å²) in [7, 11) is 1.73. The van der Waals surface area contributed by atoms with E-state index in [4.69, 9.17) is 9.47 Å². The summed E-state index contributed by atoms with van der Waals surface area (Å²) >= 11 is 0. The van der Waals surface area contributed by atoms with Crippen molar-refractivity contribution < 1.29 is 9.47 Å². The Morgan fingerprint density at radius 1 is 1.28 bits per heavy atom. The van der Waals surface area contributed by atoms with Gasteiger partial charge in [0.1, 0.15) is 5.75 Å². The molecule has 0 aliphatic heterocycles. The average Bonchev–Trinajstić information content (AvgIpc) is 2.36. The van der Waals surface area contributed by atoms with Gasteiger partial charge in [-0.1, -0.05) is 26.8 Å². The Labute approximate surface area is 110 Å². The molecule has 0 amide bonds. The molecule has 3 nitrogen and oxygen atoms in total. The summed E-state index contributed by atoms with van der Waals surface area (Å²) in [5, 5.41) is 3.49. The first-order chi connectivity index (χ1) is 8.67. The van der Waals surface area contributed by atoms with Crippen LogP contribution in [0.5, 0.6) is 5.75 Å². The smallest absolute Gasteiger partial charge is 0.121 e. The van der Waals surface area contributed by atoms with Crippen LogP contribution in [0, 0.1) is 5.92 Å². The molecule has 0 bridgehead atoms. The summed E-state index contributed by atoms with van der Waals surface area (Å²) in [5.41, 5.74) is 1.08. The number of ether oxygens (including phenoxy) is 2. The summed E-state index contributed by atoms with van der Waals surface area (Å²) in [6.07, 6.45) is 1.02. The topological polar surface area (TPSA) is 30.5 Å². The summed E-state index contributed by atoms with van der Waals surface area (Å²) in [6, 6.07) is 8.42. The van der Waals surface area contributed by atoms with Gasteiger partial charge in [-0.15, -0.1) is 0 Å². The Hall–Kier alpha value is -1.22. The van der Waals surface area contributed by atoms with Crippen LogP contribution >= 0.6 is 0 Å². The van der Waals surface area contributed by atoms with E-state index in [0.29, 0.717) is 18.6 Å². The van der Waals surface area contributed by atoms with Crippen LogP contribution in [0.3, 0.4) is 0 Å². The number of hydrogen-bond donors (Lipinski definition) is 1. The van der Waals surface area contributed by atoms with Crippen molar-refractivity contribution in [2.45, 2.75) is 33.2 Å². The summed E-state index contributed by atoms with van der Waals surface area (Å²) < 4.78 is 10.9. The van der Waals surface area contributed by atoms with Gasteiger partial charge in [0.2, 0.25) is 0 Å². The van der Waals surface area contributed by atoms with E-state index in [0.717, 1.165) is 24.5 Å². The van der Waals surface area contributed by atoms with E-state index in [1.165, 1.54) is 0 Å². The minimum absolute atomic E-state index is 0.316. The van der Waals surface area contributed by atoms with Crippen molar-refractivity contribution in [2.75, 3.05) is 25.6 Å². The fourth-order valence-electron chi connectivity index (χ4n) is 1.69. The molecule has 102 valence electrons. The minimum Gasteiger partial charge on any atom is -0.494 e. The van der Waals surface area contributed by atoms with E-state index in [9.17, 15) is 0 Å². The Bertz CT molecular complexity index is 339. The predicted molar refractivity (Wildman–Crippen MR) is 76.4 cm³/mol. The quantitative estimate of drug-likeness (QED) is 0.766. The van der Waals surface area contributed by atoms with Crippen LogP contribution in [0.2, 0.25) is 0 Å². The zero-order valence-corrected chi connectivity index (χ0v) is 11.9.